The van der Waals surface area contributed by atoms with Gasteiger partial charge in [-0.2, -0.15) is 0 Å². The number of rotatable bonds is 5. The maximum absolute atomic E-state index is 12.2. The Hall–Kier alpha value is -3.04. The van der Waals surface area contributed by atoms with E-state index in [9.17, 15) is 22.8 Å². The molecular weight excluding hydrogens is 372 g/mol. The van der Waals surface area contributed by atoms with E-state index < -0.39 is 27.8 Å². The number of amides is 2. The normalized spacial score (nSPS) is 13.6. The summed E-state index contributed by atoms with van der Waals surface area (Å²) in [6.07, 6.45) is 0. The number of hydrogen-bond donors (Lipinski definition) is 1. The number of carbonyl (C=O) groups excluding carboxylic acids is 3. The summed E-state index contributed by atoms with van der Waals surface area (Å²) in [7, 11) is -3.97. The Morgan fingerprint density at radius 1 is 1.07 bits per heavy atom. The number of hydrogen-bond acceptors (Lipinski definition) is 6. The zero-order valence-corrected chi connectivity index (χ0v) is 15.2. The molecule has 0 saturated heterocycles. The lowest BCUT2D eigenvalue weighted by molar-refractivity contribution is 0.0420. The van der Waals surface area contributed by atoms with E-state index in [1.807, 2.05) is 0 Å². The molecule has 2 amide bonds. The van der Waals surface area contributed by atoms with Crippen molar-refractivity contribution in [3.63, 3.8) is 0 Å². The molecule has 0 unspecified atom stereocenters. The third kappa shape index (κ3) is 3.60. The van der Waals surface area contributed by atoms with Crippen LogP contribution in [-0.2, 0) is 14.8 Å². The molecule has 0 aromatic heterocycles. The molecule has 2 aromatic rings. The summed E-state index contributed by atoms with van der Waals surface area (Å²) in [5.41, 5.74) is 1.03. The zero-order chi connectivity index (χ0) is 19.8. The SMILES string of the molecule is Cc1ccc(C(=O)OCCN2C(=O)c3ccccc3C2=O)cc1S(N)(=O)=O. The van der Waals surface area contributed by atoms with Crippen molar-refractivity contribution >= 4 is 27.8 Å². The van der Waals surface area contributed by atoms with E-state index in [2.05, 4.69) is 0 Å². The highest BCUT2D eigenvalue weighted by Crippen LogP contribution is 2.22. The number of fused-ring (bicyclic) bond motifs is 1. The van der Waals surface area contributed by atoms with Crippen LogP contribution in [0.1, 0.15) is 36.6 Å². The Kier molecular flexibility index (Phi) is 4.81. The Balaban J connectivity index is 1.66. The third-order valence-corrected chi connectivity index (χ3v) is 5.21. The molecule has 0 bridgehead atoms. The average molecular weight is 388 g/mol. The first-order valence-electron chi connectivity index (χ1n) is 7.96. The molecule has 0 radical (unpaired) electrons. The minimum atomic E-state index is -3.97. The van der Waals surface area contributed by atoms with Crippen molar-refractivity contribution in [1.29, 1.82) is 0 Å². The number of imide groups is 1. The summed E-state index contributed by atoms with van der Waals surface area (Å²) in [6.45, 7) is 1.23. The molecule has 0 saturated carbocycles. The van der Waals surface area contributed by atoms with E-state index in [0.29, 0.717) is 16.7 Å². The van der Waals surface area contributed by atoms with Crippen molar-refractivity contribution in [3.8, 4) is 0 Å². The van der Waals surface area contributed by atoms with Crippen molar-refractivity contribution in [2.45, 2.75) is 11.8 Å². The zero-order valence-electron chi connectivity index (χ0n) is 14.3. The van der Waals surface area contributed by atoms with Gasteiger partial charge in [0, 0.05) is 0 Å². The van der Waals surface area contributed by atoms with Crippen LogP contribution in [0, 0.1) is 6.92 Å². The highest BCUT2D eigenvalue weighted by Gasteiger charge is 2.34. The van der Waals surface area contributed by atoms with Crippen molar-refractivity contribution in [1.82, 2.24) is 4.90 Å². The smallest absolute Gasteiger partial charge is 0.338 e. The molecule has 1 heterocycles. The van der Waals surface area contributed by atoms with Crippen LogP contribution >= 0.6 is 0 Å². The highest BCUT2D eigenvalue weighted by molar-refractivity contribution is 7.89. The first-order valence-corrected chi connectivity index (χ1v) is 9.50. The fourth-order valence-electron chi connectivity index (χ4n) is 2.79. The quantitative estimate of drug-likeness (QED) is 0.604. The molecule has 2 N–H and O–H groups in total. The highest BCUT2D eigenvalue weighted by atomic mass is 32.2. The Bertz CT molecular complexity index is 1030. The first kappa shape index (κ1) is 18.7. The predicted octanol–water partition coefficient (Wildman–Crippen LogP) is 1.10. The van der Waals surface area contributed by atoms with Gasteiger partial charge in [-0.1, -0.05) is 18.2 Å². The lowest BCUT2D eigenvalue weighted by Crippen LogP contribution is -2.33. The van der Waals surface area contributed by atoms with Gasteiger partial charge in [-0.15, -0.1) is 0 Å². The Labute approximate surface area is 155 Å². The second kappa shape index (κ2) is 6.93. The maximum Gasteiger partial charge on any atom is 0.338 e. The van der Waals surface area contributed by atoms with Crippen LogP contribution < -0.4 is 5.14 Å². The molecule has 0 aliphatic carbocycles. The number of aryl methyl sites for hydroxylation is 1. The lowest BCUT2D eigenvalue weighted by Gasteiger charge is -2.14. The number of benzene rings is 2. The van der Waals surface area contributed by atoms with Crippen LogP contribution in [0.2, 0.25) is 0 Å². The third-order valence-electron chi connectivity index (χ3n) is 4.16. The van der Waals surface area contributed by atoms with Crippen LogP contribution in [-0.4, -0.2) is 44.3 Å². The van der Waals surface area contributed by atoms with E-state index in [-0.39, 0.29) is 23.6 Å². The molecule has 2 aromatic carbocycles. The minimum absolute atomic E-state index is 0.00647. The topological polar surface area (TPSA) is 124 Å². The number of sulfonamides is 1. The van der Waals surface area contributed by atoms with Crippen molar-refractivity contribution in [2.75, 3.05) is 13.2 Å². The number of esters is 1. The number of ether oxygens (including phenoxy) is 1. The van der Waals surface area contributed by atoms with E-state index in [1.165, 1.54) is 12.1 Å². The van der Waals surface area contributed by atoms with Crippen LogP contribution in [0.25, 0.3) is 0 Å². The van der Waals surface area contributed by atoms with Crippen LogP contribution in [0.15, 0.2) is 47.4 Å². The molecule has 0 fully saturated rings. The number of nitrogens with two attached hydrogens (primary N) is 1. The minimum Gasteiger partial charge on any atom is -0.460 e. The summed E-state index contributed by atoms with van der Waals surface area (Å²) in [5, 5.41) is 5.12. The Morgan fingerprint density at radius 2 is 1.67 bits per heavy atom. The van der Waals surface area contributed by atoms with Gasteiger partial charge in [-0.05, 0) is 36.8 Å². The molecule has 27 heavy (non-hydrogen) atoms. The van der Waals surface area contributed by atoms with E-state index >= 15 is 0 Å². The first-order chi connectivity index (χ1) is 12.7. The van der Waals surface area contributed by atoms with Gasteiger partial charge < -0.3 is 4.74 Å². The Morgan fingerprint density at radius 3 is 2.22 bits per heavy atom. The van der Waals surface area contributed by atoms with Gasteiger partial charge in [0.15, 0.2) is 0 Å². The van der Waals surface area contributed by atoms with Crippen LogP contribution in [0.3, 0.4) is 0 Å². The molecular formula is C18H16N2O6S. The van der Waals surface area contributed by atoms with Crippen molar-refractivity contribution in [3.05, 3.63) is 64.7 Å². The van der Waals surface area contributed by atoms with Crippen LogP contribution in [0.5, 0.6) is 0 Å². The summed E-state index contributed by atoms with van der Waals surface area (Å²) >= 11 is 0. The van der Waals surface area contributed by atoms with Gasteiger partial charge in [0.05, 0.1) is 28.1 Å². The fraction of sp³-hybridized carbons (Fsp3) is 0.167. The second-order valence-corrected chi connectivity index (χ2v) is 7.50. The molecule has 9 heteroatoms. The van der Waals surface area contributed by atoms with Gasteiger partial charge in [0.2, 0.25) is 10.0 Å². The molecule has 0 atom stereocenters. The molecule has 8 nitrogen and oxygen atoms in total. The predicted molar refractivity (Wildman–Crippen MR) is 94.6 cm³/mol. The van der Waals surface area contributed by atoms with Gasteiger partial charge in [0.1, 0.15) is 6.61 Å². The molecule has 0 spiro atoms. The van der Waals surface area contributed by atoms with E-state index in [0.717, 1.165) is 11.0 Å². The summed E-state index contributed by atoms with van der Waals surface area (Å²) in [5.74, 6) is -1.67. The summed E-state index contributed by atoms with van der Waals surface area (Å²) in [4.78, 5) is 37.4. The number of primary sulfonamides is 1. The molecule has 1 aliphatic heterocycles. The number of carbonyl (C=O) groups is 3. The van der Waals surface area contributed by atoms with Crippen molar-refractivity contribution in [2.24, 2.45) is 5.14 Å². The maximum atomic E-state index is 12.2. The molecule has 140 valence electrons. The monoisotopic (exact) mass is 388 g/mol. The van der Waals surface area contributed by atoms with Gasteiger partial charge in [0.25, 0.3) is 11.8 Å². The number of nitrogens with zero attached hydrogens (tertiary/aromatic N) is 1. The average Bonchev–Trinajstić information content (AvgIpc) is 2.86. The standard InChI is InChI=1S/C18H16N2O6S/c1-11-6-7-12(10-15(11)27(19,24)25)18(23)26-9-8-20-16(21)13-4-2-3-5-14(13)17(20)22/h2-7,10H,8-9H2,1H3,(H2,19,24,25). The van der Waals surface area contributed by atoms with Gasteiger partial charge >= 0.3 is 5.97 Å². The van der Waals surface area contributed by atoms with Gasteiger partial charge in [-0.25, -0.2) is 18.4 Å². The largest absolute Gasteiger partial charge is 0.460 e. The van der Waals surface area contributed by atoms with Gasteiger partial charge in [-0.3, -0.25) is 14.5 Å². The van der Waals surface area contributed by atoms with E-state index in [1.54, 1.807) is 31.2 Å². The van der Waals surface area contributed by atoms with E-state index in [4.69, 9.17) is 9.88 Å². The van der Waals surface area contributed by atoms with Crippen molar-refractivity contribution < 1.29 is 27.5 Å². The summed E-state index contributed by atoms with van der Waals surface area (Å²) < 4.78 is 28.2. The second-order valence-electron chi connectivity index (χ2n) is 5.97. The molecule has 1 aliphatic rings. The van der Waals surface area contributed by atoms with Crippen LogP contribution in [0.4, 0.5) is 0 Å². The fourth-order valence-corrected chi connectivity index (χ4v) is 3.60. The lowest BCUT2D eigenvalue weighted by atomic mass is 10.1. The summed E-state index contributed by atoms with van der Waals surface area (Å²) in [6, 6.07) is 10.4. The molecule has 3 rings (SSSR count).